The van der Waals surface area contributed by atoms with E-state index in [9.17, 15) is 5.11 Å². The van der Waals surface area contributed by atoms with Gasteiger partial charge < -0.3 is 29.5 Å². The minimum absolute atomic E-state index is 0.117. The highest BCUT2D eigenvalue weighted by Crippen LogP contribution is 2.30. The molecule has 0 radical (unpaired) electrons. The van der Waals surface area contributed by atoms with E-state index in [1.165, 1.54) is 0 Å². The van der Waals surface area contributed by atoms with Crippen LogP contribution in [0.3, 0.4) is 0 Å². The van der Waals surface area contributed by atoms with Crippen LogP contribution in [0, 0.1) is 0 Å². The molecule has 2 atom stereocenters. The van der Waals surface area contributed by atoms with E-state index in [0.717, 1.165) is 37.1 Å². The second-order valence-corrected chi connectivity index (χ2v) is 7.29. The van der Waals surface area contributed by atoms with E-state index in [0.29, 0.717) is 11.8 Å². The first kappa shape index (κ1) is 18.4. The first-order valence-corrected chi connectivity index (χ1v) is 9.37. The van der Waals surface area contributed by atoms with Crippen LogP contribution in [-0.4, -0.2) is 72.5 Å². The summed E-state index contributed by atoms with van der Waals surface area (Å²) in [5.41, 5.74) is 0.846. The Morgan fingerprint density at radius 3 is 2.70 bits per heavy atom. The molecule has 0 bridgehead atoms. The summed E-state index contributed by atoms with van der Waals surface area (Å²) in [6.45, 7) is 7.33. The molecular formula is C19H26N4O4. The number of benzene rings is 1. The second-order valence-electron chi connectivity index (χ2n) is 7.29. The topological polar surface area (TPSA) is 89.0 Å². The zero-order valence-corrected chi connectivity index (χ0v) is 15.7. The Labute approximate surface area is 158 Å². The van der Waals surface area contributed by atoms with E-state index in [2.05, 4.69) is 15.2 Å². The van der Waals surface area contributed by atoms with Crippen LogP contribution in [0.5, 0.6) is 5.88 Å². The van der Waals surface area contributed by atoms with E-state index in [1.807, 2.05) is 38.1 Å². The van der Waals surface area contributed by atoms with E-state index >= 15 is 0 Å². The van der Waals surface area contributed by atoms with Gasteiger partial charge >= 0.3 is 0 Å². The SMILES string of the molecule is CC1(C)O[C@H](CO)[C@@H](COc2nc(N3CCNCC3)nc3ccccc23)O1. The maximum atomic E-state index is 9.55. The second kappa shape index (κ2) is 7.55. The van der Waals surface area contributed by atoms with Crippen molar-refractivity contribution in [1.82, 2.24) is 15.3 Å². The average Bonchev–Trinajstić information content (AvgIpc) is 3.00. The number of ether oxygens (including phenoxy) is 3. The number of piperazine rings is 1. The van der Waals surface area contributed by atoms with E-state index in [4.69, 9.17) is 19.2 Å². The molecule has 2 fully saturated rings. The van der Waals surface area contributed by atoms with Crippen LogP contribution in [0.1, 0.15) is 13.8 Å². The van der Waals surface area contributed by atoms with Crippen LogP contribution in [-0.2, 0) is 9.47 Å². The number of rotatable bonds is 5. The maximum Gasteiger partial charge on any atom is 0.229 e. The normalized spacial score (nSPS) is 25.1. The summed E-state index contributed by atoms with van der Waals surface area (Å²) in [5.74, 6) is 0.466. The van der Waals surface area contributed by atoms with Crippen molar-refractivity contribution in [3.63, 3.8) is 0 Å². The van der Waals surface area contributed by atoms with Crippen molar-refractivity contribution in [1.29, 1.82) is 0 Å². The van der Waals surface area contributed by atoms with Gasteiger partial charge in [-0.1, -0.05) is 12.1 Å². The molecule has 3 heterocycles. The van der Waals surface area contributed by atoms with Crippen molar-refractivity contribution < 1.29 is 19.3 Å². The van der Waals surface area contributed by atoms with Crippen LogP contribution in [0.4, 0.5) is 5.95 Å². The van der Waals surface area contributed by atoms with Gasteiger partial charge in [-0.25, -0.2) is 4.98 Å². The summed E-state index contributed by atoms with van der Waals surface area (Å²) in [6, 6.07) is 7.81. The van der Waals surface area contributed by atoms with Gasteiger partial charge in [0.15, 0.2) is 5.79 Å². The Balaban J connectivity index is 1.58. The summed E-state index contributed by atoms with van der Waals surface area (Å²) in [4.78, 5) is 11.5. The first-order chi connectivity index (χ1) is 13.1. The van der Waals surface area contributed by atoms with Gasteiger partial charge in [-0.2, -0.15) is 4.98 Å². The highest BCUT2D eigenvalue weighted by molar-refractivity contribution is 5.84. The maximum absolute atomic E-state index is 9.55. The molecular weight excluding hydrogens is 348 g/mol. The monoisotopic (exact) mass is 374 g/mol. The fourth-order valence-corrected chi connectivity index (χ4v) is 3.52. The number of para-hydroxylation sites is 1. The standard InChI is InChI=1S/C19H26N4O4/c1-19(2)26-15(11-24)16(27-19)12-25-17-13-5-3-4-6-14(13)21-18(22-17)23-9-7-20-8-10-23/h3-6,15-16,20,24H,7-12H2,1-2H3/t15-,16-/m1/s1. The van der Waals surface area contributed by atoms with Crippen molar-refractivity contribution in [2.75, 3.05) is 44.3 Å². The highest BCUT2D eigenvalue weighted by atomic mass is 16.8. The summed E-state index contributed by atoms with van der Waals surface area (Å²) in [7, 11) is 0. The lowest BCUT2D eigenvalue weighted by Crippen LogP contribution is -2.44. The number of fused-ring (bicyclic) bond motifs is 1. The summed E-state index contributed by atoms with van der Waals surface area (Å²) < 4.78 is 17.6. The predicted molar refractivity (Wildman–Crippen MR) is 101 cm³/mol. The van der Waals surface area contributed by atoms with Crippen LogP contribution in [0.2, 0.25) is 0 Å². The van der Waals surface area contributed by atoms with Gasteiger partial charge in [0.05, 0.1) is 17.5 Å². The number of nitrogens with zero attached hydrogens (tertiary/aromatic N) is 3. The third kappa shape index (κ3) is 3.98. The molecule has 2 aromatic rings. The van der Waals surface area contributed by atoms with Crippen LogP contribution >= 0.6 is 0 Å². The lowest BCUT2D eigenvalue weighted by atomic mass is 10.2. The summed E-state index contributed by atoms with van der Waals surface area (Å²) in [5, 5.41) is 13.7. The molecule has 2 N–H and O–H groups in total. The van der Waals surface area contributed by atoms with Crippen molar-refractivity contribution in [3.8, 4) is 5.88 Å². The molecule has 2 saturated heterocycles. The third-order valence-electron chi connectivity index (χ3n) is 4.81. The van der Waals surface area contributed by atoms with Crippen LogP contribution < -0.4 is 15.0 Å². The Kier molecular flexibility index (Phi) is 5.14. The largest absolute Gasteiger partial charge is 0.474 e. The van der Waals surface area contributed by atoms with E-state index in [1.54, 1.807) is 0 Å². The van der Waals surface area contributed by atoms with Crippen molar-refractivity contribution >= 4 is 16.9 Å². The average molecular weight is 374 g/mol. The number of hydrogen-bond acceptors (Lipinski definition) is 8. The van der Waals surface area contributed by atoms with Crippen LogP contribution in [0.15, 0.2) is 24.3 Å². The Bertz CT molecular complexity index is 794. The minimum Gasteiger partial charge on any atom is -0.474 e. The molecule has 0 unspecified atom stereocenters. The van der Waals surface area contributed by atoms with Gasteiger partial charge in [0.2, 0.25) is 11.8 Å². The van der Waals surface area contributed by atoms with Gasteiger partial charge in [0, 0.05) is 26.2 Å². The fraction of sp³-hybridized carbons (Fsp3) is 0.579. The summed E-state index contributed by atoms with van der Waals surface area (Å²) in [6.07, 6.45) is -0.776. The molecule has 0 aliphatic carbocycles. The Hall–Kier alpha value is -2.00. The molecule has 0 amide bonds. The smallest absolute Gasteiger partial charge is 0.229 e. The van der Waals surface area contributed by atoms with Crippen molar-refractivity contribution in [2.45, 2.75) is 31.8 Å². The summed E-state index contributed by atoms with van der Waals surface area (Å²) >= 11 is 0. The van der Waals surface area contributed by atoms with Gasteiger partial charge in [-0.3, -0.25) is 0 Å². The molecule has 2 aliphatic heterocycles. The molecule has 0 saturated carbocycles. The molecule has 1 aromatic carbocycles. The fourth-order valence-electron chi connectivity index (χ4n) is 3.52. The van der Waals surface area contributed by atoms with Gasteiger partial charge in [-0.15, -0.1) is 0 Å². The molecule has 27 heavy (non-hydrogen) atoms. The molecule has 8 heteroatoms. The zero-order valence-electron chi connectivity index (χ0n) is 15.7. The van der Waals surface area contributed by atoms with Gasteiger partial charge in [0.25, 0.3) is 0 Å². The number of anilines is 1. The van der Waals surface area contributed by atoms with E-state index in [-0.39, 0.29) is 19.3 Å². The zero-order chi connectivity index (χ0) is 18.9. The Morgan fingerprint density at radius 2 is 1.93 bits per heavy atom. The predicted octanol–water partition coefficient (Wildman–Crippen LogP) is 0.931. The Morgan fingerprint density at radius 1 is 1.19 bits per heavy atom. The van der Waals surface area contributed by atoms with Gasteiger partial charge in [0.1, 0.15) is 18.8 Å². The highest BCUT2D eigenvalue weighted by Gasteiger charge is 2.41. The lowest BCUT2D eigenvalue weighted by Gasteiger charge is -2.28. The molecule has 0 spiro atoms. The quantitative estimate of drug-likeness (QED) is 0.799. The number of nitrogens with one attached hydrogen (secondary N) is 1. The number of aromatic nitrogens is 2. The number of hydrogen-bond donors (Lipinski definition) is 2. The minimum atomic E-state index is -0.735. The first-order valence-electron chi connectivity index (χ1n) is 9.37. The molecule has 8 nitrogen and oxygen atoms in total. The van der Waals surface area contributed by atoms with Gasteiger partial charge in [-0.05, 0) is 26.0 Å². The van der Waals surface area contributed by atoms with E-state index < -0.39 is 11.9 Å². The van der Waals surface area contributed by atoms with Crippen LogP contribution in [0.25, 0.3) is 10.9 Å². The van der Waals surface area contributed by atoms with Crippen molar-refractivity contribution in [3.05, 3.63) is 24.3 Å². The third-order valence-corrected chi connectivity index (χ3v) is 4.81. The number of aliphatic hydroxyl groups is 1. The molecule has 1 aromatic heterocycles. The lowest BCUT2D eigenvalue weighted by molar-refractivity contribution is -0.150. The molecule has 2 aliphatic rings. The molecule has 4 rings (SSSR count). The molecule has 146 valence electrons. The van der Waals surface area contributed by atoms with Crippen molar-refractivity contribution in [2.24, 2.45) is 0 Å². The number of aliphatic hydroxyl groups excluding tert-OH is 1.